The van der Waals surface area contributed by atoms with Crippen LogP contribution in [0.2, 0.25) is 0 Å². The van der Waals surface area contributed by atoms with Crippen LogP contribution in [-0.2, 0) is 12.0 Å². The molecule has 1 nitrogen and oxygen atoms in total. The summed E-state index contributed by atoms with van der Waals surface area (Å²) >= 11 is 0. The predicted molar refractivity (Wildman–Crippen MR) is 51.5 cm³/mol. The quantitative estimate of drug-likeness (QED) is 0.735. The first-order chi connectivity index (χ1) is 7.40. The molecule has 0 amide bonds. The number of rotatable bonds is 1. The average Bonchev–Trinajstić information content (AvgIpc) is 2.55. The number of nitrogens with one attached hydrogen (secondary N) is 1. The second-order valence-corrected chi connectivity index (χ2v) is 3.95. The van der Waals surface area contributed by atoms with Crippen LogP contribution in [0.3, 0.4) is 0 Å². The van der Waals surface area contributed by atoms with Gasteiger partial charge in [0.15, 0.2) is 0 Å². The lowest BCUT2D eigenvalue weighted by Crippen LogP contribution is -2.50. The van der Waals surface area contributed by atoms with Crippen LogP contribution < -0.4 is 5.32 Å². The highest BCUT2D eigenvalue weighted by Gasteiger charge is 2.57. The average molecular weight is 233 g/mol. The maximum Gasteiger partial charge on any atom is 0.410 e. The lowest BCUT2D eigenvalue weighted by atomic mass is 9.91. The van der Waals surface area contributed by atoms with E-state index in [9.17, 15) is 17.6 Å². The van der Waals surface area contributed by atoms with Crippen LogP contribution in [0.25, 0.3) is 0 Å². The van der Waals surface area contributed by atoms with Crippen molar-refractivity contribution < 1.29 is 17.6 Å². The Morgan fingerprint density at radius 2 is 2.00 bits per heavy atom. The van der Waals surface area contributed by atoms with Gasteiger partial charge < -0.3 is 5.32 Å². The molecule has 0 bridgehead atoms. The molecule has 1 aromatic rings. The molecule has 0 heterocycles. The summed E-state index contributed by atoms with van der Waals surface area (Å²) in [6.07, 6.45) is -4.20. The maximum atomic E-state index is 13.0. The van der Waals surface area contributed by atoms with Gasteiger partial charge in [-0.15, -0.1) is 0 Å². The summed E-state index contributed by atoms with van der Waals surface area (Å²) in [5.41, 5.74) is -1.44. The van der Waals surface area contributed by atoms with E-state index in [0.29, 0.717) is 5.56 Å². The van der Waals surface area contributed by atoms with Gasteiger partial charge in [0.25, 0.3) is 0 Å². The number of hydrogen-bond donors (Lipinski definition) is 1. The summed E-state index contributed by atoms with van der Waals surface area (Å²) < 4.78 is 52.0. The monoisotopic (exact) mass is 233 g/mol. The zero-order valence-electron chi connectivity index (χ0n) is 8.66. The highest BCUT2D eigenvalue weighted by Crippen LogP contribution is 2.47. The molecule has 0 spiro atoms. The topological polar surface area (TPSA) is 12.0 Å². The van der Waals surface area contributed by atoms with Crippen LogP contribution in [0.1, 0.15) is 17.5 Å². The van der Waals surface area contributed by atoms with Crippen molar-refractivity contribution in [2.75, 3.05) is 7.05 Å². The maximum absolute atomic E-state index is 13.0. The molecule has 16 heavy (non-hydrogen) atoms. The molecule has 0 saturated carbocycles. The van der Waals surface area contributed by atoms with Crippen LogP contribution in [0.4, 0.5) is 17.6 Å². The molecule has 88 valence electrons. The zero-order chi connectivity index (χ0) is 12.0. The molecule has 1 aromatic carbocycles. The molecule has 5 heteroatoms. The second kappa shape index (κ2) is 3.45. The number of fused-ring (bicyclic) bond motifs is 1. The van der Waals surface area contributed by atoms with Crippen molar-refractivity contribution in [2.24, 2.45) is 0 Å². The van der Waals surface area contributed by atoms with Crippen molar-refractivity contribution >= 4 is 0 Å². The van der Waals surface area contributed by atoms with E-state index in [-0.39, 0.29) is 18.4 Å². The van der Waals surface area contributed by atoms with E-state index in [1.165, 1.54) is 19.2 Å². The van der Waals surface area contributed by atoms with Gasteiger partial charge in [0, 0.05) is 0 Å². The van der Waals surface area contributed by atoms with E-state index in [1.54, 1.807) is 0 Å². The van der Waals surface area contributed by atoms with Gasteiger partial charge in [-0.3, -0.25) is 0 Å². The highest BCUT2D eigenvalue weighted by atomic mass is 19.4. The molecule has 2 rings (SSSR count). The molecule has 1 atom stereocenters. The van der Waals surface area contributed by atoms with Crippen LogP contribution in [-0.4, -0.2) is 13.2 Å². The van der Waals surface area contributed by atoms with Gasteiger partial charge >= 0.3 is 6.18 Å². The minimum absolute atomic E-state index is 0.0776. The van der Waals surface area contributed by atoms with Gasteiger partial charge in [0.2, 0.25) is 0 Å². The van der Waals surface area contributed by atoms with Gasteiger partial charge in [-0.1, -0.05) is 6.07 Å². The molecule has 0 radical (unpaired) electrons. The van der Waals surface area contributed by atoms with Crippen molar-refractivity contribution in [3.8, 4) is 0 Å². The van der Waals surface area contributed by atoms with Gasteiger partial charge in [0.05, 0.1) is 0 Å². The van der Waals surface area contributed by atoms with Crippen molar-refractivity contribution in [1.29, 1.82) is 0 Å². The summed E-state index contributed by atoms with van der Waals surface area (Å²) in [5.74, 6) is -0.493. The van der Waals surface area contributed by atoms with Crippen LogP contribution in [0, 0.1) is 5.82 Å². The zero-order valence-corrected chi connectivity index (χ0v) is 8.66. The molecular weight excluding hydrogens is 222 g/mol. The lowest BCUT2D eigenvalue weighted by molar-refractivity contribution is -0.198. The minimum Gasteiger partial charge on any atom is -0.303 e. The fourth-order valence-electron chi connectivity index (χ4n) is 2.34. The van der Waals surface area contributed by atoms with E-state index in [2.05, 4.69) is 5.32 Å². The fourth-order valence-corrected chi connectivity index (χ4v) is 2.34. The number of benzene rings is 1. The molecule has 1 aliphatic carbocycles. The second-order valence-electron chi connectivity index (χ2n) is 3.95. The molecular formula is C11H11F4N. The minimum atomic E-state index is -4.37. The molecule has 0 saturated heterocycles. The first-order valence-electron chi connectivity index (χ1n) is 4.95. The lowest BCUT2D eigenvalue weighted by Gasteiger charge is -2.32. The summed E-state index contributed by atoms with van der Waals surface area (Å²) in [7, 11) is 1.28. The van der Waals surface area contributed by atoms with E-state index in [1.807, 2.05) is 0 Å². The van der Waals surface area contributed by atoms with E-state index in [4.69, 9.17) is 0 Å². The Morgan fingerprint density at radius 1 is 1.31 bits per heavy atom. The van der Waals surface area contributed by atoms with Gasteiger partial charge in [-0.05, 0) is 43.1 Å². The third-order valence-corrected chi connectivity index (χ3v) is 3.21. The SMILES string of the molecule is CNC1(C(F)(F)F)CCc2cc(F)ccc21. The van der Waals surface area contributed by atoms with E-state index >= 15 is 0 Å². The molecule has 0 aliphatic heterocycles. The number of alkyl halides is 3. The van der Waals surface area contributed by atoms with Crippen molar-refractivity contribution in [1.82, 2.24) is 5.32 Å². The molecule has 1 N–H and O–H groups in total. The van der Waals surface area contributed by atoms with Crippen LogP contribution in [0.5, 0.6) is 0 Å². The normalized spacial score (nSPS) is 24.6. The van der Waals surface area contributed by atoms with Gasteiger partial charge in [-0.2, -0.15) is 13.2 Å². The predicted octanol–water partition coefficient (Wildman–Crippen LogP) is 2.75. The van der Waals surface area contributed by atoms with Gasteiger partial charge in [0.1, 0.15) is 11.4 Å². The summed E-state index contributed by atoms with van der Waals surface area (Å²) in [4.78, 5) is 0. The third-order valence-electron chi connectivity index (χ3n) is 3.21. The molecule has 1 aliphatic rings. The van der Waals surface area contributed by atoms with Crippen molar-refractivity contribution in [2.45, 2.75) is 24.6 Å². The third kappa shape index (κ3) is 1.42. The Bertz CT molecular complexity index is 413. The largest absolute Gasteiger partial charge is 0.410 e. The first-order valence-corrected chi connectivity index (χ1v) is 4.95. The Labute approximate surface area is 90.5 Å². The molecule has 0 fully saturated rings. The summed E-state index contributed by atoms with van der Waals surface area (Å²) in [6, 6.07) is 3.48. The van der Waals surface area contributed by atoms with E-state index in [0.717, 1.165) is 6.07 Å². The smallest absolute Gasteiger partial charge is 0.303 e. The van der Waals surface area contributed by atoms with E-state index < -0.39 is 17.5 Å². The molecule has 1 unspecified atom stereocenters. The molecule has 0 aromatic heterocycles. The number of halogens is 4. The van der Waals surface area contributed by atoms with Crippen LogP contribution in [0.15, 0.2) is 18.2 Å². The van der Waals surface area contributed by atoms with Gasteiger partial charge in [-0.25, -0.2) is 4.39 Å². The fraction of sp³-hybridized carbons (Fsp3) is 0.455. The van der Waals surface area contributed by atoms with Crippen molar-refractivity contribution in [3.63, 3.8) is 0 Å². The van der Waals surface area contributed by atoms with Crippen LogP contribution >= 0.6 is 0 Å². The Hall–Kier alpha value is -1.10. The summed E-state index contributed by atoms with van der Waals surface area (Å²) in [5, 5.41) is 2.35. The van der Waals surface area contributed by atoms with Crippen molar-refractivity contribution in [3.05, 3.63) is 35.1 Å². The Balaban J connectivity index is 2.56. The highest BCUT2D eigenvalue weighted by molar-refractivity contribution is 5.40. The number of hydrogen-bond acceptors (Lipinski definition) is 1. The summed E-state index contributed by atoms with van der Waals surface area (Å²) in [6.45, 7) is 0. The Morgan fingerprint density at radius 3 is 2.56 bits per heavy atom. The number of aryl methyl sites for hydroxylation is 1. The standard InChI is InChI=1S/C11H11F4N/c1-16-10(11(13,14)15)5-4-7-6-8(12)2-3-9(7)10/h2-3,6,16H,4-5H2,1H3. The Kier molecular flexibility index (Phi) is 2.45. The first kappa shape index (κ1) is 11.4.